The lowest BCUT2D eigenvalue weighted by Gasteiger charge is -2.17. The molecule has 3 rings (SSSR count). The van der Waals surface area contributed by atoms with Crippen LogP contribution in [0, 0.1) is 5.92 Å². The molecular weight excluding hydrogens is 434 g/mol. The number of Topliss-reactive ketones (excluding diaryl/α,β-unsaturated/α-hetero) is 1. The lowest BCUT2D eigenvalue weighted by atomic mass is 10.1. The molecule has 0 aromatic heterocycles. The fraction of sp³-hybridized carbons (Fsp3) is 0.333. The molecule has 0 aliphatic carbocycles. The van der Waals surface area contributed by atoms with Crippen molar-refractivity contribution < 1.29 is 28.7 Å². The standard InChI is InChI=1S/C24H24ClNO6/c1-2-3-12-31-23(29)17-6-10-20(11-7-17)26-14-18(13-22(26)28)24(30)32-15-21(27)16-4-8-19(25)9-5-16/h4-11,18H,2-3,12-15H2,1H3/t18-/m1/s1. The van der Waals surface area contributed by atoms with Crippen LogP contribution in [0.5, 0.6) is 0 Å². The maximum Gasteiger partial charge on any atom is 0.338 e. The van der Waals surface area contributed by atoms with Crippen LogP contribution in [-0.4, -0.2) is 43.4 Å². The summed E-state index contributed by atoms with van der Waals surface area (Å²) < 4.78 is 10.3. The molecule has 0 spiro atoms. The molecule has 32 heavy (non-hydrogen) atoms. The van der Waals surface area contributed by atoms with E-state index in [9.17, 15) is 19.2 Å². The topological polar surface area (TPSA) is 90.0 Å². The van der Waals surface area contributed by atoms with Crippen molar-refractivity contribution in [2.45, 2.75) is 26.2 Å². The molecule has 1 heterocycles. The molecular formula is C24H24ClNO6. The first-order chi connectivity index (χ1) is 15.4. The number of ketones is 1. The van der Waals surface area contributed by atoms with Gasteiger partial charge in [-0.1, -0.05) is 24.9 Å². The highest BCUT2D eigenvalue weighted by Gasteiger charge is 2.36. The number of halogens is 1. The van der Waals surface area contributed by atoms with Crippen molar-refractivity contribution in [3.05, 3.63) is 64.7 Å². The van der Waals surface area contributed by atoms with Gasteiger partial charge in [-0.2, -0.15) is 0 Å². The fourth-order valence-corrected chi connectivity index (χ4v) is 3.38. The minimum atomic E-state index is -0.667. The third-order valence-corrected chi connectivity index (χ3v) is 5.37. The van der Waals surface area contributed by atoms with Gasteiger partial charge in [-0.05, 0) is 55.0 Å². The molecule has 1 fully saturated rings. The largest absolute Gasteiger partial charge is 0.462 e. The monoisotopic (exact) mass is 457 g/mol. The number of hydrogen-bond donors (Lipinski definition) is 0. The molecule has 1 saturated heterocycles. The van der Waals surface area contributed by atoms with E-state index in [1.807, 2.05) is 6.92 Å². The lowest BCUT2D eigenvalue weighted by Crippen LogP contribution is -2.27. The number of anilines is 1. The number of unbranched alkanes of at least 4 members (excludes halogenated alkanes) is 1. The molecule has 0 bridgehead atoms. The predicted molar refractivity (Wildman–Crippen MR) is 119 cm³/mol. The summed E-state index contributed by atoms with van der Waals surface area (Å²) in [6.07, 6.45) is 1.73. The maximum atomic E-state index is 12.4. The van der Waals surface area contributed by atoms with Gasteiger partial charge in [0.25, 0.3) is 0 Å². The third kappa shape index (κ3) is 5.95. The molecule has 7 nitrogen and oxygen atoms in total. The second-order valence-corrected chi connectivity index (χ2v) is 7.92. The Morgan fingerprint density at radius 1 is 1.00 bits per heavy atom. The fourth-order valence-electron chi connectivity index (χ4n) is 3.26. The molecule has 1 atom stereocenters. The van der Waals surface area contributed by atoms with Crippen LogP contribution in [0.25, 0.3) is 0 Å². The van der Waals surface area contributed by atoms with Gasteiger partial charge in [0.2, 0.25) is 5.91 Å². The summed E-state index contributed by atoms with van der Waals surface area (Å²) in [4.78, 5) is 50.4. The van der Waals surface area contributed by atoms with Crippen LogP contribution in [-0.2, 0) is 19.1 Å². The Balaban J connectivity index is 1.53. The van der Waals surface area contributed by atoms with Gasteiger partial charge in [0.05, 0.1) is 18.1 Å². The van der Waals surface area contributed by atoms with Gasteiger partial charge >= 0.3 is 11.9 Å². The van der Waals surface area contributed by atoms with Crippen molar-refractivity contribution >= 4 is 40.9 Å². The number of ether oxygens (including phenoxy) is 2. The minimum Gasteiger partial charge on any atom is -0.462 e. The van der Waals surface area contributed by atoms with Crippen molar-refractivity contribution in [2.24, 2.45) is 5.92 Å². The number of amides is 1. The average molecular weight is 458 g/mol. The van der Waals surface area contributed by atoms with Gasteiger partial charge in [-0.25, -0.2) is 4.79 Å². The number of carbonyl (C=O) groups excluding carboxylic acids is 4. The average Bonchev–Trinajstić information content (AvgIpc) is 3.19. The zero-order chi connectivity index (χ0) is 23.1. The molecule has 1 aliphatic rings. The third-order valence-electron chi connectivity index (χ3n) is 5.12. The van der Waals surface area contributed by atoms with Crippen LogP contribution >= 0.6 is 11.6 Å². The Morgan fingerprint density at radius 3 is 2.31 bits per heavy atom. The highest BCUT2D eigenvalue weighted by Crippen LogP contribution is 2.26. The number of esters is 2. The summed E-state index contributed by atoms with van der Waals surface area (Å²) in [6, 6.07) is 12.8. The number of hydrogen-bond acceptors (Lipinski definition) is 6. The van der Waals surface area contributed by atoms with Crippen LogP contribution in [0.1, 0.15) is 46.9 Å². The molecule has 8 heteroatoms. The second-order valence-electron chi connectivity index (χ2n) is 7.48. The Bertz CT molecular complexity index is 987. The summed E-state index contributed by atoms with van der Waals surface area (Å²) in [5.41, 5.74) is 1.36. The number of nitrogens with zero attached hydrogens (tertiary/aromatic N) is 1. The van der Waals surface area contributed by atoms with E-state index < -0.39 is 24.5 Å². The predicted octanol–water partition coefficient (Wildman–Crippen LogP) is 4.08. The van der Waals surface area contributed by atoms with Crippen molar-refractivity contribution in [3.8, 4) is 0 Å². The molecule has 0 saturated carbocycles. The summed E-state index contributed by atoms with van der Waals surface area (Å²) in [6.45, 7) is 2.12. The first-order valence-electron chi connectivity index (χ1n) is 10.4. The molecule has 1 aliphatic heterocycles. The Morgan fingerprint density at radius 2 is 1.66 bits per heavy atom. The number of rotatable bonds is 9. The van der Waals surface area contributed by atoms with Crippen molar-refractivity contribution in [1.29, 1.82) is 0 Å². The van der Waals surface area contributed by atoms with Crippen molar-refractivity contribution in [3.63, 3.8) is 0 Å². The van der Waals surface area contributed by atoms with E-state index >= 15 is 0 Å². The Hall–Kier alpha value is -3.19. The normalized spacial score (nSPS) is 15.5. The molecule has 168 valence electrons. The molecule has 0 unspecified atom stereocenters. The van der Waals surface area contributed by atoms with Crippen LogP contribution in [0.4, 0.5) is 5.69 Å². The molecule has 2 aromatic carbocycles. The number of benzene rings is 2. The summed E-state index contributed by atoms with van der Waals surface area (Å²) in [5, 5.41) is 0.504. The SMILES string of the molecule is CCCCOC(=O)c1ccc(N2C[C@H](C(=O)OCC(=O)c3ccc(Cl)cc3)CC2=O)cc1. The first-order valence-corrected chi connectivity index (χ1v) is 10.8. The summed E-state index contributed by atoms with van der Waals surface area (Å²) >= 11 is 5.80. The zero-order valence-corrected chi connectivity index (χ0v) is 18.5. The van der Waals surface area contributed by atoms with E-state index in [2.05, 4.69) is 0 Å². The van der Waals surface area contributed by atoms with Gasteiger partial charge in [-0.15, -0.1) is 0 Å². The van der Waals surface area contributed by atoms with Gasteiger partial charge in [0, 0.05) is 29.2 Å². The molecule has 0 radical (unpaired) electrons. The summed E-state index contributed by atoms with van der Waals surface area (Å²) in [7, 11) is 0. The minimum absolute atomic E-state index is 0.00518. The second kappa shape index (κ2) is 10.9. The molecule has 1 amide bonds. The van der Waals surface area contributed by atoms with E-state index in [0.717, 1.165) is 12.8 Å². The van der Waals surface area contributed by atoms with Crippen molar-refractivity contribution in [2.75, 3.05) is 24.7 Å². The van der Waals surface area contributed by atoms with Gasteiger partial charge < -0.3 is 14.4 Å². The Kier molecular flexibility index (Phi) is 8.00. The van der Waals surface area contributed by atoms with E-state index in [0.29, 0.717) is 28.4 Å². The van der Waals surface area contributed by atoms with Gasteiger partial charge in [0.15, 0.2) is 12.4 Å². The van der Waals surface area contributed by atoms with Crippen LogP contribution < -0.4 is 4.90 Å². The van der Waals surface area contributed by atoms with Gasteiger partial charge in [0.1, 0.15) is 0 Å². The van der Waals surface area contributed by atoms with Crippen LogP contribution in [0.15, 0.2) is 48.5 Å². The van der Waals surface area contributed by atoms with E-state index in [-0.39, 0.29) is 24.7 Å². The quantitative estimate of drug-likeness (QED) is 0.320. The zero-order valence-electron chi connectivity index (χ0n) is 17.7. The maximum absolute atomic E-state index is 12.4. The lowest BCUT2D eigenvalue weighted by molar-refractivity contribution is -0.147. The Labute approximate surface area is 191 Å². The molecule has 0 N–H and O–H groups in total. The summed E-state index contributed by atoms with van der Waals surface area (Å²) in [5.74, 6) is -2.25. The molecule has 2 aromatic rings. The van der Waals surface area contributed by atoms with Gasteiger partial charge in [-0.3, -0.25) is 14.4 Å². The van der Waals surface area contributed by atoms with Crippen LogP contribution in [0.2, 0.25) is 5.02 Å². The highest BCUT2D eigenvalue weighted by molar-refractivity contribution is 6.30. The van der Waals surface area contributed by atoms with E-state index in [1.54, 1.807) is 48.5 Å². The highest BCUT2D eigenvalue weighted by atomic mass is 35.5. The van der Waals surface area contributed by atoms with Crippen molar-refractivity contribution in [1.82, 2.24) is 0 Å². The van der Waals surface area contributed by atoms with E-state index in [1.165, 1.54) is 4.90 Å². The smallest absolute Gasteiger partial charge is 0.338 e. The van der Waals surface area contributed by atoms with E-state index in [4.69, 9.17) is 21.1 Å². The first kappa shape index (κ1) is 23.5. The number of carbonyl (C=O) groups is 4. The van der Waals surface area contributed by atoms with Crippen LogP contribution in [0.3, 0.4) is 0 Å².